The summed E-state index contributed by atoms with van der Waals surface area (Å²) in [4.78, 5) is 23.7. The number of ketones is 1. The molecule has 6 atom stereocenters. The van der Waals surface area contributed by atoms with Gasteiger partial charge < -0.3 is 15.2 Å². The van der Waals surface area contributed by atoms with Gasteiger partial charge in [0.25, 0.3) is 0 Å². The lowest BCUT2D eigenvalue weighted by molar-refractivity contribution is -0.0734. The van der Waals surface area contributed by atoms with Crippen LogP contribution >= 0.6 is 11.3 Å². The number of fused-ring (bicyclic) bond motifs is 1. The molecule has 1 aliphatic heterocycles. The van der Waals surface area contributed by atoms with Crippen LogP contribution in [0.1, 0.15) is 76.7 Å². The minimum atomic E-state index is -4.08. The molecule has 0 amide bonds. The largest absolute Gasteiger partial charge is 0.393 e. The second-order valence-corrected chi connectivity index (χ2v) is 12.9. The van der Waals surface area contributed by atoms with Gasteiger partial charge in [-0.1, -0.05) is 12.8 Å². The fourth-order valence-electron chi connectivity index (χ4n) is 6.19. The van der Waals surface area contributed by atoms with Crippen molar-refractivity contribution in [2.75, 3.05) is 18.5 Å². The first-order chi connectivity index (χ1) is 17.7. The van der Waals surface area contributed by atoms with Crippen LogP contribution in [0, 0.1) is 24.7 Å². The molecule has 0 spiro atoms. The number of hydrogen-bond acceptors (Lipinski definition) is 10. The third-order valence-corrected chi connectivity index (χ3v) is 9.56. The van der Waals surface area contributed by atoms with Gasteiger partial charge in [0.15, 0.2) is 0 Å². The van der Waals surface area contributed by atoms with Crippen molar-refractivity contribution < 1.29 is 27.2 Å². The van der Waals surface area contributed by atoms with Crippen molar-refractivity contribution in [2.45, 2.75) is 70.1 Å². The summed E-state index contributed by atoms with van der Waals surface area (Å²) in [6.45, 7) is 2.62. The van der Waals surface area contributed by atoms with E-state index in [-0.39, 0.29) is 24.5 Å². The number of nitrogens with two attached hydrogens (primary N) is 1. The number of aliphatic hydroxyl groups excluding tert-OH is 1. The Labute approximate surface area is 221 Å². The summed E-state index contributed by atoms with van der Waals surface area (Å²) in [6, 6.07) is 1.77. The Morgan fingerprint density at radius 3 is 2.92 bits per heavy atom. The topological polar surface area (TPSA) is 154 Å². The Morgan fingerprint density at radius 1 is 1.30 bits per heavy atom. The lowest BCUT2D eigenvalue weighted by Crippen LogP contribution is -2.33. The number of ether oxygens (including phenoxy) is 1. The highest BCUT2D eigenvalue weighted by molar-refractivity contribution is 7.84. The smallest absolute Gasteiger partial charge is 0.333 e. The third-order valence-electron chi connectivity index (χ3n) is 8.03. The lowest BCUT2D eigenvalue weighted by atomic mass is 9.72. The average Bonchev–Trinajstić information content (AvgIpc) is 3.43. The maximum Gasteiger partial charge on any atom is 0.333 e. The van der Waals surface area contributed by atoms with Gasteiger partial charge in [-0.25, -0.2) is 15.1 Å². The Kier molecular flexibility index (Phi) is 7.94. The zero-order valence-electron chi connectivity index (χ0n) is 20.8. The summed E-state index contributed by atoms with van der Waals surface area (Å²) in [7, 11) is -4.08. The molecule has 37 heavy (non-hydrogen) atoms. The summed E-state index contributed by atoms with van der Waals surface area (Å²) in [5.41, 5.74) is 1.47. The Bertz CT molecular complexity index is 1230. The van der Waals surface area contributed by atoms with Crippen molar-refractivity contribution in [3.63, 3.8) is 0 Å². The monoisotopic (exact) mass is 550 g/mol. The predicted molar refractivity (Wildman–Crippen MR) is 138 cm³/mol. The molecule has 2 aliphatic carbocycles. The zero-order chi connectivity index (χ0) is 26.2. The van der Waals surface area contributed by atoms with Crippen LogP contribution < -0.4 is 10.5 Å². The molecule has 1 saturated heterocycles. The summed E-state index contributed by atoms with van der Waals surface area (Å²) in [5.74, 6) is 1.03. The van der Waals surface area contributed by atoms with Crippen molar-refractivity contribution >= 4 is 33.2 Å². The number of nitrogens with one attached hydrogen (secondary N) is 1. The number of rotatable bonds is 8. The van der Waals surface area contributed by atoms with Crippen molar-refractivity contribution in [1.29, 1.82) is 0 Å². The van der Waals surface area contributed by atoms with Gasteiger partial charge in [-0.05, 0) is 62.5 Å². The normalized spacial score (nSPS) is 30.1. The molecule has 5 rings (SSSR count). The molecule has 4 N–H and O–H groups in total. The van der Waals surface area contributed by atoms with E-state index in [1.54, 1.807) is 0 Å². The van der Waals surface area contributed by atoms with E-state index in [4.69, 9.17) is 9.88 Å². The number of anilines is 1. The molecule has 3 unspecified atom stereocenters. The van der Waals surface area contributed by atoms with E-state index in [1.165, 1.54) is 49.5 Å². The highest BCUT2D eigenvalue weighted by atomic mass is 32.2. The number of nitrogens with zero attached hydrogens (tertiary/aromatic N) is 2. The third kappa shape index (κ3) is 6.04. The molecule has 12 heteroatoms. The fraction of sp³-hybridized carbons (Fsp3) is 0.640. The number of thiophene rings is 1. The first-order valence-corrected chi connectivity index (χ1v) is 15.2. The summed E-state index contributed by atoms with van der Waals surface area (Å²) in [6.07, 6.45) is 9.05. The van der Waals surface area contributed by atoms with Gasteiger partial charge in [0.2, 0.25) is 5.78 Å². The van der Waals surface area contributed by atoms with Crippen LogP contribution in [0.25, 0.3) is 0 Å². The van der Waals surface area contributed by atoms with Crippen LogP contribution in [0.15, 0.2) is 18.6 Å². The molecule has 2 aromatic heterocycles. The Morgan fingerprint density at radius 2 is 2.11 bits per heavy atom. The van der Waals surface area contributed by atoms with E-state index in [9.17, 15) is 18.3 Å². The van der Waals surface area contributed by atoms with Gasteiger partial charge >= 0.3 is 10.3 Å². The Balaban J connectivity index is 1.31. The van der Waals surface area contributed by atoms with Gasteiger partial charge in [0.05, 0.1) is 29.3 Å². The van der Waals surface area contributed by atoms with Gasteiger partial charge in [-0.15, -0.1) is 11.3 Å². The van der Waals surface area contributed by atoms with Gasteiger partial charge in [0, 0.05) is 29.6 Å². The van der Waals surface area contributed by atoms with Crippen molar-refractivity contribution in [1.82, 2.24) is 9.97 Å². The van der Waals surface area contributed by atoms with E-state index < -0.39 is 22.3 Å². The highest BCUT2D eigenvalue weighted by Crippen LogP contribution is 2.47. The molecular weight excluding hydrogens is 516 g/mol. The highest BCUT2D eigenvalue weighted by Gasteiger charge is 2.38. The van der Waals surface area contributed by atoms with Crippen LogP contribution in [-0.4, -0.2) is 54.6 Å². The van der Waals surface area contributed by atoms with E-state index in [2.05, 4.69) is 26.4 Å². The summed E-state index contributed by atoms with van der Waals surface area (Å²) in [5, 5.41) is 18.5. The number of aryl methyl sites for hydroxylation is 1. The van der Waals surface area contributed by atoms with Crippen molar-refractivity contribution in [2.24, 2.45) is 22.9 Å². The molecule has 3 aliphatic rings. The molecule has 3 heterocycles. The van der Waals surface area contributed by atoms with E-state index in [0.29, 0.717) is 40.9 Å². The van der Waals surface area contributed by atoms with E-state index in [1.807, 2.05) is 6.07 Å². The predicted octanol–water partition coefficient (Wildman–Crippen LogP) is 3.12. The molecule has 0 radical (unpaired) electrons. The standard InChI is InChI=1S/C25H34N4O6S2/c1-14-19(24-18-5-3-2-4-15(18)6-7-34-24)10-22(36-14)23(31)20-11-27-13-28-25(20)29-17-8-16(21(30)9-17)12-35-37(26,32)33/h10-11,13,15-18,21,24,30H,2-9,12H2,1H3,(H2,26,32,33)(H,27,28,29)/t15?,16-,17-,18?,21+,24?/m1/s1. The van der Waals surface area contributed by atoms with Gasteiger partial charge in [-0.2, -0.15) is 8.42 Å². The number of carbonyl (C=O) groups is 1. The second-order valence-electron chi connectivity index (χ2n) is 10.4. The molecule has 0 bridgehead atoms. The van der Waals surface area contributed by atoms with Crippen LogP contribution in [0.5, 0.6) is 0 Å². The van der Waals surface area contributed by atoms with Gasteiger partial charge in [0.1, 0.15) is 12.1 Å². The molecule has 10 nitrogen and oxygen atoms in total. The molecule has 3 fully saturated rings. The minimum Gasteiger partial charge on any atom is -0.393 e. The van der Waals surface area contributed by atoms with Crippen LogP contribution in [0.2, 0.25) is 0 Å². The summed E-state index contributed by atoms with van der Waals surface area (Å²) >= 11 is 1.47. The SMILES string of the molecule is Cc1sc(C(=O)c2cncnc2N[C@@H]2C[C@H](COS(N)(=O)=O)[C@@H](O)C2)cc1C1OCCC2CCCCC21. The molecule has 202 valence electrons. The fourth-order valence-corrected chi connectivity index (χ4v) is 7.57. The van der Waals surface area contributed by atoms with Crippen LogP contribution in [-0.2, 0) is 19.2 Å². The first kappa shape index (κ1) is 26.6. The number of aliphatic hydroxyl groups is 1. The minimum absolute atomic E-state index is 0.0398. The molecule has 2 aromatic rings. The van der Waals surface area contributed by atoms with Crippen LogP contribution in [0.4, 0.5) is 5.82 Å². The summed E-state index contributed by atoms with van der Waals surface area (Å²) < 4.78 is 33.2. The van der Waals surface area contributed by atoms with Crippen LogP contribution in [0.3, 0.4) is 0 Å². The number of hydrogen-bond donors (Lipinski definition) is 3. The first-order valence-electron chi connectivity index (χ1n) is 12.9. The van der Waals surface area contributed by atoms with E-state index in [0.717, 1.165) is 23.5 Å². The maximum absolute atomic E-state index is 13.6. The maximum atomic E-state index is 13.6. The quantitative estimate of drug-likeness (QED) is 0.421. The van der Waals surface area contributed by atoms with Gasteiger partial charge in [-0.3, -0.25) is 8.98 Å². The zero-order valence-corrected chi connectivity index (χ0v) is 22.5. The van der Waals surface area contributed by atoms with E-state index >= 15 is 0 Å². The van der Waals surface area contributed by atoms with Crippen molar-refractivity contribution in [3.05, 3.63) is 39.5 Å². The molecule has 2 saturated carbocycles. The Hall–Kier alpha value is -1.96. The average molecular weight is 551 g/mol. The number of carbonyl (C=O) groups excluding carboxylic acids is 1. The number of aromatic nitrogens is 2. The lowest BCUT2D eigenvalue weighted by Gasteiger charge is -2.41. The molecular formula is C25H34N4O6S2. The van der Waals surface area contributed by atoms with Crippen molar-refractivity contribution in [3.8, 4) is 0 Å². The molecule has 0 aromatic carbocycles. The second kappa shape index (κ2) is 11.0.